The molecule has 0 aromatic heterocycles. The van der Waals surface area contributed by atoms with E-state index in [4.69, 9.17) is 4.74 Å². The second-order valence-corrected chi connectivity index (χ2v) is 5.22. The SMILES string of the molecule is CCCC(CC)CCOC(=O)C(C)(C)CC. The summed E-state index contributed by atoms with van der Waals surface area (Å²) < 4.78 is 5.34. The van der Waals surface area contributed by atoms with Crippen molar-refractivity contribution in [1.82, 2.24) is 0 Å². The number of carbonyl (C=O) groups excluding carboxylic acids is 1. The molecule has 0 N–H and O–H groups in total. The van der Waals surface area contributed by atoms with Crippen molar-refractivity contribution >= 4 is 5.97 Å². The normalized spacial score (nSPS) is 13.6. The summed E-state index contributed by atoms with van der Waals surface area (Å²) >= 11 is 0. The van der Waals surface area contributed by atoms with Crippen LogP contribution < -0.4 is 0 Å². The molecule has 1 atom stereocenters. The monoisotopic (exact) mass is 228 g/mol. The first-order chi connectivity index (χ1) is 7.47. The van der Waals surface area contributed by atoms with Crippen LogP contribution in [0.4, 0.5) is 0 Å². The van der Waals surface area contributed by atoms with E-state index in [9.17, 15) is 4.79 Å². The van der Waals surface area contributed by atoms with Gasteiger partial charge < -0.3 is 4.74 Å². The van der Waals surface area contributed by atoms with Crippen LogP contribution in [0.5, 0.6) is 0 Å². The summed E-state index contributed by atoms with van der Waals surface area (Å²) in [5.41, 5.74) is -0.327. The molecular formula is C14H28O2. The van der Waals surface area contributed by atoms with Crippen molar-refractivity contribution in [2.45, 2.75) is 66.7 Å². The van der Waals surface area contributed by atoms with Gasteiger partial charge in [0, 0.05) is 0 Å². The molecular weight excluding hydrogens is 200 g/mol. The van der Waals surface area contributed by atoms with E-state index in [1.165, 1.54) is 19.3 Å². The fraction of sp³-hybridized carbons (Fsp3) is 0.929. The molecule has 0 aliphatic heterocycles. The molecule has 0 saturated carbocycles. The van der Waals surface area contributed by atoms with Gasteiger partial charge in [-0.3, -0.25) is 4.79 Å². The molecule has 0 fully saturated rings. The predicted molar refractivity (Wildman–Crippen MR) is 68.3 cm³/mol. The van der Waals surface area contributed by atoms with Crippen molar-refractivity contribution in [2.75, 3.05) is 6.61 Å². The van der Waals surface area contributed by atoms with Crippen molar-refractivity contribution in [3.63, 3.8) is 0 Å². The van der Waals surface area contributed by atoms with Gasteiger partial charge in [0.25, 0.3) is 0 Å². The first-order valence-electron chi connectivity index (χ1n) is 6.65. The van der Waals surface area contributed by atoms with E-state index in [2.05, 4.69) is 13.8 Å². The predicted octanol–water partition coefficient (Wildman–Crippen LogP) is 4.18. The number of ether oxygens (including phenoxy) is 1. The molecule has 0 aromatic rings. The van der Waals surface area contributed by atoms with E-state index in [-0.39, 0.29) is 11.4 Å². The number of rotatable bonds is 8. The van der Waals surface area contributed by atoms with Crippen LogP contribution in [0.3, 0.4) is 0 Å². The van der Waals surface area contributed by atoms with E-state index in [0.29, 0.717) is 12.5 Å². The van der Waals surface area contributed by atoms with Gasteiger partial charge >= 0.3 is 5.97 Å². The Morgan fingerprint density at radius 2 is 1.81 bits per heavy atom. The van der Waals surface area contributed by atoms with Gasteiger partial charge in [0.2, 0.25) is 0 Å². The van der Waals surface area contributed by atoms with E-state index < -0.39 is 0 Å². The van der Waals surface area contributed by atoms with Crippen LogP contribution in [0.15, 0.2) is 0 Å². The Hall–Kier alpha value is -0.530. The van der Waals surface area contributed by atoms with Crippen molar-refractivity contribution in [2.24, 2.45) is 11.3 Å². The van der Waals surface area contributed by atoms with E-state index in [1.54, 1.807) is 0 Å². The van der Waals surface area contributed by atoms with Gasteiger partial charge in [-0.2, -0.15) is 0 Å². The fourth-order valence-electron chi connectivity index (χ4n) is 1.62. The average Bonchev–Trinajstić information content (AvgIpc) is 2.27. The highest BCUT2D eigenvalue weighted by Crippen LogP contribution is 2.22. The van der Waals surface area contributed by atoms with Crippen LogP contribution >= 0.6 is 0 Å². The first kappa shape index (κ1) is 15.5. The highest BCUT2D eigenvalue weighted by molar-refractivity contribution is 5.75. The van der Waals surface area contributed by atoms with Gasteiger partial charge in [-0.05, 0) is 32.6 Å². The standard InChI is InChI=1S/C14H28O2/c1-6-9-12(7-2)10-11-16-13(15)14(4,5)8-3/h12H,6-11H2,1-5H3. The summed E-state index contributed by atoms with van der Waals surface area (Å²) in [7, 11) is 0. The molecule has 2 heteroatoms. The van der Waals surface area contributed by atoms with E-state index in [0.717, 1.165) is 12.8 Å². The largest absolute Gasteiger partial charge is 0.465 e. The molecule has 96 valence electrons. The van der Waals surface area contributed by atoms with Crippen LogP contribution in [0.25, 0.3) is 0 Å². The minimum absolute atomic E-state index is 0.0543. The molecule has 0 saturated heterocycles. The van der Waals surface area contributed by atoms with Crippen LogP contribution in [0, 0.1) is 11.3 Å². The van der Waals surface area contributed by atoms with Crippen molar-refractivity contribution in [3.8, 4) is 0 Å². The number of esters is 1. The number of hydrogen-bond donors (Lipinski definition) is 0. The third kappa shape index (κ3) is 5.53. The summed E-state index contributed by atoms with van der Waals surface area (Å²) in [4.78, 5) is 11.7. The summed E-state index contributed by atoms with van der Waals surface area (Å²) in [5.74, 6) is 0.656. The molecule has 2 nitrogen and oxygen atoms in total. The zero-order valence-corrected chi connectivity index (χ0v) is 11.6. The minimum atomic E-state index is -0.327. The van der Waals surface area contributed by atoms with Gasteiger partial charge in [0.15, 0.2) is 0 Å². The molecule has 16 heavy (non-hydrogen) atoms. The van der Waals surface area contributed by atoms with Crippen LogP contribution in [0.1, 0.15) is 66.7 Å². The molecule has 0 spiro atoms. The number of carbonyl (C=O) groups is 1. The Balaban J connectivity index is 3.84. The van der Waals surface area contributed by atoms with Crippen LogP contribution in [-0.2, 0) is 9.53 Å². The Morgan fingerprint density at radius 3 is 2.25 bits per heavy atom. The quantitative estimate of drug-likeness (QED) is 0.582. The van der Waals surface area contributed by atoms with Crippen molar-refractivity contribution < 1.29 is 9.53 Å². The third-order valence-corrected chi connectivity index (χ3v) is 3.47. The zero-order valence-electron chi connectivity index (χ0n) is 11.6. The maximum Gasteiger partial charge on any atom is 0.311 e. The Morgan fingerprint density at radius 1 is 1.19 bits per heavy atom. The molecule has 0 radical (unpaired) electrons. The van der Waals surface area contributed by atoms with Crippen LogP contribution in [-0.4, -0.2) is 12.6 Å². The number of hydrogen-bond acceptors (Lipinski definition) is 2. The molecule has 0 amide bonds. The maximum atomic E-state index is 11.7. The lowest BCUT2D eigenvalue weighted by Crippen LogP contribution is -2.26. The second kappa shape index (κ2) is 7.70. The topological polar surface area (TPSA) is 26.3 Å². The van der Waals surface area contributed by atoms with Gasteiger partial charge in [-0.15, -0.1) is 0 Å². The lowest BCUT2D eigenvalue weighted by atomic mass is 9.90. The zero-order chi connectivity index (χ0) is 12.6. The second-order valence-electron chi connectivity index (χ2n) is 5.22. The third-order valence-electron chi connectivity index (χ3n) is 3.47. The summed E-state index contributed by atoms with van der Waals surface area (Å²) in [6.07, 6.45) is 5.48. The summed E-state index contributed by atoms with van der Waals surface area (Å²) in [6, 6.07) is 0. The van der Waals surface area contributed by atoms with Gasteiger partial charge in [0.1, 0.15) is 0 Å². The van der Waals surface area contributed by atoms with Gasteiger partial charge in [-0.1, -0.05) is 40.0 Å². The lowest BCUT2D eigenvalue weighted by molar-refractivity contribution is -0.154. The molecule has 0 bridgehead atoms. The van der Waals surface area contributed by atoms with Crippen molar-refractivity contribution in [1.29, 1.82) is 0 Å². The van der Waals surface area contributed by atoms with Crippen molar-refractivity contribution in [3.05, 3.63) is 0 Å². The van der Waals surface area contributed by atoms with E-state index >= 15 is 0 Å². The Labute approximate surface area is 101 Å². The smallest absolute Gasteiger partial charge is 0.311 e. The molecule has 0 aromatic carbocycles. The lowest BCUT2D eigenvalue weighted by Gasteiger charge is -2.21. The Bertz CT molecular complexity index is 197. The Kier molecular flexibility index (Phi) is 7.44. The molecule has 0 aliphatic rings. The minimum Gasteiger partial charge on any atom is -0.465 e. The highest BCUT2D eigenvalue weighted by Gasteiger charge is 2.26. The van der Waals surface area contributed by atoms with Crippen LogP contribution in [0.2, 0.25) is 0 Å². The summed E-state index contributed by atoms with van der Waals surface area (Å²) in [5, 5.41) is 0. The fourth-order valence-corrected chi connectivity index (χ4v) is 1.62. The van der Waals surface area contributed by atoms with E-state index in [1.807, 2.05) is 20.8 Å². The highest BCUT2D eigenvalue weighted by atomic mass is 16.5. The maximum absolute atomic E-state index is 11.7. The first-order valence-corrected chi connectivity index (χ1v) is 6.65. The summed E-state index contributed by atoms with van der Waals surface area (Å²) in [6.45, 7) is 10.9. The molecule has 0 rings (SSSR count). The van der Waals surface area contributed by atoms with Gasteiger partial charge in [0.05, 0.1) is 12.0 Å². The molecule has 0 aliphatic carbocycles. The van der Waals surface area contributed by atoms with Gasteiger partial charge in [-0.25, -0.2) is 0 Å². The molecule has 1 unspecified atom stereocenters. The molecule has 0 heterocycles. The average molecular weight is 228 g/mol.